The van der Waals surface area contributed by atoms with Crippen LogP contribution in [0.1, 0.15) is 33.1 Å². The van der Waals surface area contributed by atoms with Gasteiger partial charge in [-0.25, -0.2) is 14.0 Å². The first-order chi connectivity index (χ1) is 15.5. The van der Waals surface area contributed by atoms with E-state index in [1.807, 2.05) is 0 Å². The molecule has 2 aliphatic heterocycles. The lowest BCUT2D eigenvalue weighted by Crippen LogP contribution is -2.57. The van der Waals surface area contributed by atoms with Crippen molar-refractivity contribution in [1.29, 1.82) is 0 Å². The van der Waals surface area contributed by atoms with Gasteiger partial charge in [0.05, 0.1) is 24.4 Å². The van der Waals surface area contributed by atoms with E-state index in [0.29, 0.717) is 5.06 Å². The van der Waals surface area contributed by atoms with E-state index in [0.717, 1.165) is 11.1 Å². The van der Waals surface area contributed by atoms with Crippen molar-refractivity contribution in [3.63, 3.8) is 0 Å². The average molecular weight is 491 g/mol. The van der Waals surface area contributed by atoms with Gasteiger partial charge in [-0.3, -0.25) is 19.2 Å². The summed E-state index contributed by atoms with van der Waals surface area (Å²) in [6, 6.07) is -1.30. The van der Waals surface area contributed by atoms with Crippen molar-refractivity contribution < 1.29 is 52.1 Å². The number of primary amides is 1. The number of hydroxylamine groups is 2. The molecule has 2 amide bonds. The zero-order chi connectivity index (χ0) is 24.8. The summed E-state index contributed by atoms with van der Waals surface area (Å²) in [5.74, 6) is -3.84. The molecule has 0 aliphatic carbocycles. The largest absolute Gasteiger partial charge is 0.511 e. The molecule has 2 unspecified atom stereocenters. The van der Waals surface area contributed by atoms with Crippen LogP contribution in [0.15, 0.2) is 12.5 Å². The third-order valence-corrected chi connectivity index (χ3v) is 4.76. The lowest BCUT2D eigenvalue weighted by atomic mass is 10.1. The van der Waals surface area contributed by atoms with Crippen molar-refractivity contribution in [3.05, 3.63) is 12.5 Å². The predicted molar refractivity (Wildman–Crippen MR) is 107 cm³/mol. The Bertz CT molecular complexity index is 868. The van der Waals surface area contributed by atoms with Crippen molar-refractivity contribution in [3.8, 4) is 0 Å². The highest BCUT2D eigenvalue weighted by Crippen LogP contribution is 2.36. The zero-order valence-electron chi connectivity index (χ0n) is 17.7. The number of nitrogens with zero attached hydrogens (tertiary/aromatic N) is 2. The summed E-state index contributed by atoms with van der Waals surface area (Å²) in [5, 5.41) is 0.494. The molecule has 0 aromatic heterocycles. The highest BCUT2D eigenvalue weighted by molar-refractivity contribution is 7.80. The zero-order valence-corrected chi connectivity index (χ0v) is 18.5. The molecule has 0 saturated carbocycles. The van der Waals surface area contributed by atoms with E-state index >= 15 is 0 Å². The van der Waals surface area contributed by atoms with E-state index in [-0.39, 0.29) is 30.8 Å². The van der Waals surface area contributed by atoms with Gasteiger partial charge in [0.2, 0.25) is 12.2 Å². The van der Waals surface area contributed by atoms with Crippen molar-refractivity contribution in [2.24, 2.45) is 5.73 Å². The number of thiocarbonyl (C=S) groups is 1. The summed E-state index contributed by atoms with van der Waals surface area (Å²) in [7, 11) is 0. The van der Waals surface area contributed by atoms with Gasteiger partial charge in [0.15, 0.2) is 0 Å². The molecule has 3 atom stereocenters. The Morgan fingerprint density at radius 2 is 2.09 bits per heavy atom. The maximum atomic E-state index is 13.1. The standard InChI is InChI=1S/C18H22FN3O10S/c1-3-28-17(27)31-10(2)30-16(26)18(5-4-14(24)32-18)22-15(25)11(9-29-22)21(7-6-19)13(33)8-12(20)23/h6-7,10-11H,3-5,8-9H2,1-2H3,(H2,20,23)/t10?,11-,18?/m0/s1. The Hall–Kier alpha value is -3.33. The summed E-state index contributed by atoms with van der Waals surface area (Å²) in [6.45, 7) is 2.31. The molecule has 2 aliphatic rings. The van der Waals surface area contributed by atoms with Gasteiger partial charge in [-0.2, -0.15) is 5.06 Å². The Morgan fingerprint density at radius 3 is 2.64 bits per heavy atom. The fourth-order valence-corrected chi connectivity index (χ4v) is 3.37. The van der Waals surface area contributed by atoms with Gasteiger partial charge in [0.1, 0.15) is 19.0 Å². The maximum absolute atomic E-state index is 13.1. The number of carbonyl (C=O) groups excluding carboxylic acids is 5. The number of rotatable bonds is 9. The molecule has 0 aromatic rings. The molecule has 182 valence electrons. The number of hydrogen-bond acceptors (Lipinski definition) is 11. The first-order valence-corrected chi connectivity index (χ1v) is 10.1. The highest BCUT2D eigenvalue weighted by Gasteiger charge is 2.61. The predicted octanol–water partition coefficient (Wildman–Crippen LogP) is 0.170. The Kier molecular flexibility index (Phi) is 8.64. The van der Waals surface area contributed by atoms with Crippen LogP contribution in [-0.2, 0) is 43.0 Å². The third kappa shape index (κ3) is 5.92. The fourth-order valence-electron chi connectivity index (χ4n) is 3.04. The van der Waals surface area contributed by atoms with E-state index in [4.69, 9.17) is 37.0 Å². The lowest BCUT2D eigenvalue weighted by Gasteiger charge is -2.33. The van der Waals surface area contributed by atoms with Crippen LogP contribution in [0, 0.1) is 0 Å². The van der Waals surface area contributed by atoms with Gasteiger partial charge < -0.3 is 29.6 Å². The first kappa shape index (κ1) is 25.9. The van der Waals surface area contributed by atoms with Crippen LogP contribution >= 0.6 is 12.2 Å². The van der Waals surface area contributed by atoms with Gasteiger partial charge in [-0.15, -0.1) is 0 Å². The summed E-state index contributed by atoms with van der Waals surface area (Å²) in [5.41, 5.74) is 2.77. The molecule has 2 fully saturated rings. The van der Waals surface area contributed by atoms with Crippen LogP contribution in [0.25, 0.3) is 0 Å². The van der Waals surface area contributed by atoms with Crippen LogP contribution in [-0.4, -0.2) is 76.1 Å². The third-order valence-electron chi connectivity index (χ3n) is 4.41. The van der Waals surface area contributed by atoms with Gasteiger partial charge in [0, 0.05) is 19.5 Å². The highest BCUT2D eigenvalue weighted by atomic mass is 32.1. The molecular weight excluding hydrogens is 469 g/mol. The molecule has 0 aromatic carbocycles. The lowest BCUT2D eigenvalue weighted by molar-refractivity contribution is -0.265. The smallest absolute Gasteiger partial charge is 0.435 e. The fraction of sp³-hybridized carbons (Fsp3) is 0.556. The van der Waals surface area contributed by atoms with Crippen LogP contribution in [0.5, 0.6) is 0 Å². The second kappa shape index (κ2) is 11.0. The number of cyclic esters (lactones) is 1. The Labute approximate surface area is 192 Å². The number of nitrogens with two attached hydrogens (primary N) is 1. The van der Waals surface area contributed by atoms with Crippen molar-refractivity contribution in [1.82, 2.24) is 9.96 Å². The minimum atomic E-state index is -2.33. The molecular formula is C18H22FN3O10S. The molecule has 2 N–H and O–H groups in total. The number of esters is 2. The summed E-state index contributed by atoms with van der Waals surface area (Å²) in [6.07, 6.45) is -2.75. The molecule has 0 radical (unpaired) electrons. The number of hydrogen-bond donors (Lipinski definition) is 1. The van der Waals surface area contributed by atoms with Crippen molar-refractivity contribution >= 4 is 47.1 Å². The molecule has 2 heterocycles. The molecule has 33 heavy (non-hydrogen) atoms. The molecule has 13 nitrogen and oxygen atoms in total. The number of carbonyl (C=O) groups is 5. The SMILES string of the molecule is CCOC(=O)OC(C)OC(=O)C1(N2OC[C@H](N(C=CF)C(=S)CC(N)=O)C2=O)CCC(=O)O1. The average Bonchev–Trinajstić information content (AvgIpc) is 3.29. The van der Waals surface area contributed by atoms with E-state index in [2.05, 4.69) is 4.74 Å². The van der Waals surface area contributed by atoms with E-state index in [1.165, 1.54) is 13.8 Å². The second-order valence-electron chi connectivity index (χ2n) is 6.70. The quantitative estimate of drug-likeness (QED) is 0.201. The monoisotopic (exact) mass is 491 g/mol. The topological polar surface area (TPSA) is 164 Å². The van der Waals surface area contributed by atoms with Gasteiger partial charge in [0.25, 0.3) is 5.91 Å². The summed E-state index contributed by atoms with van der Waals surface area (Å²) in [4.78, 5) is 66.5. The van der Waals surface area contributed by atoms with Crippen LogP contribution in [0.4, 0.5) is 9.18 Å². The van der Waals surface area contributed by atoms with Gasteiger partial charge in [-0.05, 0) is 6.92 Å². The van der Waals surface area contributed by atoms with Gasteiger partial charge >= 0.3 is 23.8 Å². The number of amides is 2. The van der Waals surface area contributed by atoms with E-state index in [9.17, 15) is 28.4 Å². The normalized spacial score (nSPS) is 23.2. The van der Waals surface area contributed by atoms with E-state index < -0.39 is 61.0 Å². The number of ether oxygens (including phenoxy) is 4. The Balaban J connectivity index is 2.24. The summed E-state index contributed by atoms with van der Waals surface area (Å²) >= 11 is 5.04. The van der Waals surface area contributed by atoms with E-state index in [1.54, 1.807) is 0 Å². The molecule has 15 heteroatoms. The molecule has 0 spiro atoms. The molecule has 2 saturated heterocycles. The minimum Gasteiger partial charge on any atom is -0.435 e. The second-order valence-corrected chi connectivity index (χ2v) is 7.17. The minimum absolute atomic E-state index is 0.0139. The molecule has 2 rings (SSSR count). The maximum Gasteiger partial charge on any atom is 0.511 e. The van der Waals surface area contributed by atoms with Crippen LogP contribution in [0.2, 0.25) is 0 Å². The van der Waals surface area contributed by atoms with Crippen molar-refractivity contribution in [2.45, 2.75) is 51.2 Å². The molecule has 0 bridgehead atoms. The van der Waals surface area contributed by atoms with Crippen LogP contribution in [0.3, 0.4) is 0 Å². The van der Waals surface area contributed by atoms with Crippen LogP contribution < -0.4 is 5.73 Å². The van der Waals surface area contributed by atoms with Crippen molar-refractivity contribution in [2.75, 3.05) is 13.2 Å². The Morgan fingerprint density at radius 1 is 1.39 bits per heavy atom. The first-order valence-electron chi connectivity index (χ1n) is 9.65. The summed E-state index contributed by atoms with van der Waals surface area (Å²) < 4.78 is 32.4. The van der Waals surface area contributed by atoms with Gasteiger partial charge in [-0.1, -0.05) is 12.2 Å². The number of halogens is 1.